The zero-order valence-electron chi connectivity index (χ0n) is 13.6. The molecule has 6 heteroatoms. The van der Waals surface area contributed by atoms with Gasteiger partial charge in [-0.1, -0.05) is 47.7 Å². The topological polar surface area (TPSA) is 70.7 Å². The van der Waals surface area contributed by atoms with Crippen LogP contribution in [0, 0.1) is 6.92 Å². The molecule has 0 spiro atoms. The van der Waals surface area contributed by atoms with E-state index in [0.717, 1.165) is 16.1 Å². The third-order valence-corrected chi connectivity index (χ3v) is 4.93. The number of fused-ring (bicyclic) bond motifs is 1. The first-order valence-corrected chi connectivity index (χ1v) is 8.77. The fraction of sp³-hybridized carbons (Fsp3) is 0.105. The number of aryl methyl sites for hydroxylation is 1. The van der Waals surface area contributed by atoms with Crippen molar-refractivity contribution in [2.24, 2.45) is 0 Å². The van der Waals surface area contributed by atoms with Gasteiger partial charge in [0.25, 0.3) is 5.91 Å². The normalized spacial score (nSPS) is 10.9. The molecule has 0 unspecified atom stereocenters. The summed E-state index contributed by atoms with van der Waals surface area (Å²) in [7, 11) is 0. The van der Waals surface area contributed by atoms with Gasteiger partial charge in [-0.15, -0.1) is 10.2 Å². The molecule has 124 valence electrons. The second-order valence-electron chi connectivity index (χ2n) is 5.81. The second-order valence-corrected chi connectivity index (χ2v) is 6.87. The number of carbonyl (C=O) groups excluding carboxylic acids is 1. The quantitative estimate of drug-likeness (QED) is 0.581. The minimum Gasteiger partial charge on any atom is -0.361 e. The first kappa shape index (κ1) is 15.5. The lowest BCUT2D eigenvalue weighted by atomic mass is 10.1. The third-order valence-electron chi connectivity index (χ3n) is 4.09. The summed E-state index contributed by atoms with van der Waals surface area (Å²) in [5.41, 5.74) is 3.86. The summed E-state index contributed by atoms with van der Waals surface area (Å²) >= 11 is 1.40. The summed E-state index contributed by atoms with van der Waals surface area (Å²) in [4.78, 5) is 15.6. The van der Waals surface area contributed by atoms with Crippen molar-refractivity contribution in [3.8, 4) is 0 Å². The van der Waals surface area contributed by atoms with E-state index < -0.39 is 0 Å². The molecule has 0 saturated carbocycles. The van der Waals surface area contributed by atoms with Crippen LogP contribution in [0.3, 0.4) is 0 Å². The van der Waals surface area contributed by atoms with E-state index in [2.05, 4.69) is 26.6 Å². The predicted molar refractivity (Wildman–Crippen MR) is 100 cm³/mol. The smallest absolute Gasteiger partial charge is 0.257 e. The molecule has 2 aromatic carbocycles. The number of H-pyrrole nitrogens is 1. The van der Waals surface area contributed by atoms with Gasteiger partial charge in [0, 0.05) is 29.1 Å². The predicted octanol–water partition coefficient (Wildman–Crippen LogP) is 4.17. The Balaban J connectivity index is 1.51. The zero-order valence-corrected chi connectivity index (χ0v) is 14.4. The number of rotatable bonds is 4. The first-order chi connectivity index (χ1) is 12.2. The molecule has 5 nitrogen and oxygen atoms in total. The molecule has 0 atom stereocenters. The minimum absolute atomic E-state index is 0.159. The van der Waals surface area contributed by atoms with Crippen LogP contribution in [0.1, 0.15) is 26.5 Å². The number of aromatic amines is 1. The van der Waals surface area contributed by atoms with E-state index in [4.69, 9.17) is 0 Å². The van der Waals surface area contributed by atoms with Gasteiger partial charge >= 0.3 is 0 Å². The van der Waals surface area contributed by atoms with Gasteiger partial charge in [-0.3, -0.25) is 10.1 Å². The van der Waals surface area contributed by atoms with Crippen molar-refractivity contribution in [1.82, 2.24) is 15.2 Å². The van der Waals surface area contributed by atoms with Gasteiger partial charge in [0.2, 0.25) is 5.13 Å². The average Bonchev–Trinajstić information content (AvgIpc) is 3.23. The van der Waals surface area contributed by atoms with Crippen LogP contribution in [0.5, 0.6) is 0 Å². The SMILES string of the molecule is Cc1ccccc1C(=O)Nc1nnc(Cc2c[nH]c3ccccc23)s1. The molecule has 0 radical (unpaired) electrons. The molecule has 0 bridgehead atoms. The maximum Gasteiger partial charge on any atom is 0.257 e. The Bertz CT molecular complexity index is 1050. The zero-order chi connectivity index (χ0) is 17.2. The number of hydrogen-bond acceptors (Lipinski definition) is 4. The van der Waals surface area contributed by atoms with Crippen molar-refractivity contribution >= 4 is 33.3 Å². The van der Waals surface area contributed by atoms with E-state index in [9.17, 15) is 4.79 Å². The van der Waals surface area contributed by atoms with Crippen molar-refractivity contribution in [1.29, 1.82) is 0 Å². The van der Waals surface area contributed by atoms with Gasteiger partial charge in [0.1, 0.15) is 5.01 Å². The average molecular weight is 348 g/mol. The van der Waals surface area contributed by atoms with Crippen molar-refractivity contribution in [3.63, 3.8) is 0 Å². The molecule has 0 fully saturated rings. The number of nitrogens with zero attached hydrogens (tertiary/aromatic N) is 2. The van der Waals surface area contributed by atoms with Crippen molar-refractivity contribution in [2.45, 2.75) is 13.3 Å². The summed E-state index contributed by atoms with van der Waals surface area (Å²) in [5.74, 6) is -0.159. The van der Waals surface area contributed by atoms with E-state index in [-0.39, 0.29) is 5.91 Å². The van der Waals surface area contributed by atoms with Crippen LogP contribution in [0.2, 0.25) is 0 Å². The van der Waals surface area contributed by atoms with Gasteiger partial charge in [0.15, 0.2) is 0 Å². The minimum atomic E-state index is -0.159. The first-order valence-electron chi connectivity index (χ1n) is 7.95. The van der Waals surface area contributed by atoms with Crippen molar-refractivity contribution in [3.05, 3.63) is 76.4 Å². The molecule has 25 heavy (non-hydrogen) atoms. The van der Waals surface area contributed by atoms with Crippen LogP contribution in [-0.2, 0) is 6.42 Å². The number of carbonyl (C=O) groups is 1. The fourth-order valence-corrected chi connectivity index (χ4v) is 3.57. The van der Waals surface area contributed by atoms with E-state index in [1.165, 1.54) is 22.3 Å². The Kier molecular flexibility index (Phi) is 4.03. The molecule has 0 aliphatic carbocycles. The number of anilines is 1. The second kappa shape index (κ2) is 6.49. The highest BCUT2D eigenvalue weighted by molar-refractivity contribution is 7.15. The largest absolute Gasteiger partial charge is 0.361 e. The van der Waals surface area contributed by atoms with Crippen LogP contribution in [0.4, 0.5) is 5.13 Å². The summed E-state index contributed by atoms with van der Waals surface area (Å²) in [6.45, 7) is 1.91. The number of benzene rings is 2. The van der Waals surface area contributed by atoms with Crippen LogP contribution in [0.15, 0.2) is 54.7 Å². The molecule has 0 aliphatic heterocycles. The molecule has 4 aromatic rings. The Hall–Kier alpha value is -2.99. The van der Waals surface area contributed by atoms with Crippen LogP contribution >= 0.6 is 11.3 Å². The van der Waals surface area contributed by atoms with E-state index >= 15 is 0 Å². The molecule has 4 rings (SSSR count). The third kappa shape index (κ3) is 3.16. The number of amides is 1. The summed E-state index contributed by atoms with van der Waals surface area (Å²) in [6, 6.07) is 15.6. The van der Waals surface area contributed by atoms with Crippen LogP contribution < -0.4 is 5.32 Å². The van der Waals surface area contributed by atoms with Crippen molar-refractivity contribution < 1.29 is 4.79 Å². The Labute approximate surface area is 148 Å². The van der Waals surface area contributed by atoms with Crippen LogP contribution in [-0.4, -0.2) is 21.1 Å². The Morgan fingerprint density at radius 2 is 1.92 bits per heavy atom. The van der Waals surface area contributed by atoms with E-state index in [0.29, 0.717) is 17.1 Å². The Morgan fingerprint density at radius 1 is 1.12 bits per heavy atom. The highest BCUT2D eigenvalue weighted by atomic mass is 32.1. The van der Waals surface area contributed by atoms with E-state index in [1.54, 1.807) is 6.07 Å². The maximum atomic E-state index is 12.4. The Morgan fingerprint density at radius 3 is 2.80 bits per heavy atom. The van der Waals surface area contributed by atoms with Gasteiger partial charge in [-0.05, 0) is 30.2 Å². The fourth-order valence-electron chi connectivity index (χ4n) is 2.81. The monoisotopic (exact) mass is 348 g/mol. The molecule has 2 aromatic heterocycles. The van der Waals surface area contributed by atoms with Gasteiger partial charge < -0.3 is 4.98 Å². The summed E-state index contributed by atoms with van der Waals surface area (Å²) in [5, 5.41) is 13.7. The van der Waals surface area contributed by atoms with Gasteiger partial charge in [0.05, 0.1) is 0 Å². The molecular formula is C19H16N4OS. The number of nitrogens with one attached hydrogen (secondary N) is 2. The highest BCUT2D eigenvalue weighted by Gasteiger charge is 2.13. The standard InChI is InChI=1S/C19H16N4OS/c1-12-6-2-3-7-14(12)18(24)21-19-23-22-17(25-19)10-13-11-20-16-9-5-4-8-15(13)16/h2-9,11,20H,10H2,1H3,(H,21,23,24). The maximum absolute atomic E-state index is 12.4. The molecule has 0 saturated heterocycles. The number of para-hydroxylation sites is 1. The van der Waals surface area contributed by atoms with Gasteiger partial charge in [-0.2, -0.15) is 0 Å². The lowest BCUT2D eigenvalue weighted by molar-refractivity contribution is 0.102. The number of hydrogen-bond donors (Lipinski definition) is 2. The lowest BCUT2D eigenvalue weighted by Gasteiger charge is -2.03. The van der Waals surface area contributed by atoms with Crippen molar-refractivity contribution in [2.75, 3.05) is 5.32 Å². The number of aromatic nitrogens is 3. The van der Waals surface area contributed by atoms with Crippen LogP contribution in [0.25, 0.3) is 10.9 Å². The lowest BCUT2D eigenvalue weighted by Crippen LogP contribution is -2.12. The molecule has 2 heterocycles. The van der Waals surface area contributed by atoms with Gasteiger partial charge in [-0.25, -0.2) is 0 Å². The molecule has 0 aliphatic rings. The summed E-state index contributed by atoms with van der Waals surface area (Å²) in [6.07, 6.45) is 2.68. The molecule has 2 N–H and O–H groups in total. The van der Waals surface area contributed by atoms with E-state index in [1.807, 2.05) is 49.5 Å². The summed E-state index contributed by atoms with van der Waals surface area (Å²) < 4.78 is 0. The molecular weight excluding hydrogens is 332 g/mol. The molecule has 1 amide bonds. The highest BCUT2D eigenvalue weighted by Crippen LogP contribution is 2.24.